The van der Waals surface area contributed by atoms with Crippen LogP contribution in [0.15, 0.2) is 65.5 Å². The van der Waals surface area contributed by atoms with Crippen molar-refractivity contribution in [3.8, 4) is 11.3 Å². The molecule has 0 fully saturated rings. The zero-order chi connectivity index (χ0) is 19.2. The molecule has 0 saturated heterocycles. The van der Waals surface area contributed by atoms with Gasteiger partial charge in [-0.1, -0.05) is 48.0 Å². The zero-order valence-electron chi connectivity index (χ0n) is 15.6. The first kappa shape index (κ1) is 18.6. The minimum absolute atomic E-state index is 0.0609. The van der Waals surface area contributed by atoms with Crippen molar-refractivity contribution in [1.29, 1.82) is 0 Å². The van der Waals surface area contributed by atoms with Crippen LogP contribution in [0.5, 0.6) is 0 Å². The number of aryl methyl sites for hydroxylation is 3. The van der Waals surface area contributed by atoms with E-state index in [2.05, 4.69) is 10.4 Å². The van der Waals surface area contributed by atoms with Crippen molar-refractivity contribution < 1.29 is 4.79 Å². The number of rotatable bonds is 6. The van der Waals surface area contributed by atoms with E-state index in [9.17, 15) is 9.59 Å². The fourth-order valence-electron chi connectivity index (χ4n) is 2.93. The standard InChI is InChI=1S/C22H23N3O2/c1-16-10-11-19(17(2)15-16)23-21(26)9-6-14-25-22(27)13-12-20(24-25)18-7-4-3-5-8-18/h3-5,7-8,10-13,15H,6,9,14H2,1-2H3,(H,23,26). The van der Waals surface area contributed by atoms with Crippen molar-refractivity contribution in [2.45, 2.75) is 33.2 Å². The van der Waals surface area contributed by atoms with Crippen LogP contribution in [0, 0.1) is 13.8 Å². The van der Waals surface area contributed by atoms with E-state index in [4.69, 9.17) is 0 Å². The molecule has 5 heteroatoms. The summed E-state index contributed by atoms with van der Waals surface area (Å²) < 4.78 is 1.42. The molecule has 0 aliphatic heterocycles. The molecule has 3 aromatic rings. The Hall–Kier alpha value is -3.21. The highest BCUT2D eigenvalue weighted by atomic mass is 16.1. The smallest absolute Gasteiger partial charge is 0.266 e. The Kier molecular flexibility index (Phi) is 5.81. The minimum Gasteiger partial charge on any atom is -0.326 e. The third-order valence-corrected chi connectivity index (χ3v) is 4.37. The second-order valence-corrected chi connectivity index (χ2v) is 6.62. The predicted octanol–water partition coefficient (Wildman–Crippen LogP) is 3.95. The van der Waals surface area contributed by atoms with E-state index in [-0.39, 0.29) is 11.5 Å². The number of carbonyl (C=O) groups is 1. The molecule has 0 aliphatic rings. The van der Waals surface area contributed by atoms with Gasteiger partial charge in [0.2, 0.25) is 5.91 Å². The number of aromatic nitrogens is 2. The number of nitrogens with zero attached hydrogens (tertiary/aromatic N) is 2. The highest BCUT2D eigenvalue weighted by Crippen LogP contribution is 2.17. The van der Waals surface area contributed by atoms with Gasteiger partial charge in [-0.15, -0.1) is 0 Å². The first-order chi connectivity index (χ1) is 13.0. The van der Waals surface area contributed by atoms with Gasteiger partial charge in [0, 0.05) is 30.3 Å². The number of hydrogen-bond acceptors (Lipinski definition) is 3. The number of nitrogens with one attached hydrogen (secondary N) is 1. The minimum atomic E-state index is -0.163. The molecule has 1 heterocycles. The maximum absolute atomic E-state index is 12.2. The van der Waals surface area contributed by atoms with Gasteiger partial charge in [0.25, 0.3) is 5.56 Å². The van der Waals surface area contributed by atoms with E-state index in [1.807, 2.05) is 62.4 Å². The van der Waals surface area contributed by atoms with E-state index < -0.39 is 0 Å². The van der Waals surface area contributed by atoms with Crippen LogP contribution in [0.2, 0.25) is 0 Å². The van der Waals surface area contributed by atoms with Crippen LogP contribution in [-0.2, 0) is 11.3 Å². The van der Waals surface area contributed by atoms with Gasteiger partial charge >= 0.3 is 0 Å². The largest absolute Gasteiger partial charge is 0.326 e. The molecule has 0 spiro atoms. The molecule has 0 atom stereocenters. The first-order valence-electron chi connectivity index (χ1n) is 9.03. The molecule has 0 aliphatic carbocycles. The Morgan fingerprint density at radius 1 is 1.04 bits per heavy atom. The van der Waals surface area contributed by atoms with Gasteiger partial charge in [-0.25, -0.2) is 4.68 Å². The molecule has 27 heavy (non-hydrogen) atoms. The van der Waals surface area contributed by atoms with Crippen LogP contribution < -0.4 is 10.9 Å². The fraction of sp³-hybridized carbons (Fsp3) is 0.227. The zero-order valence-corrected chi connectivity index (χ0v) is 15.6. The second kappa shape index (κ2) is 8.45. The summed E-state index contributed by atoms with van der Waals surface area (Å²) in [5, 5.41) is 7.35. The van der Waals surface area contributed by atoms with Crippen LogP contribution in [-0.4, -0.2) is 15.7 Å². The normalized spacial score (nSPS) is 10.6. The molecule has 5 nitrogen and oxygen atoms in total. The van der Waals surface area contributed by atoms with Gasteiger partial charge in [0.05, 0.1) is 5.69 Å². The van der Waals surface area contributed by atoms with Crippen molar-refractivity contribution >= 4 is 11.6 Å². The van der Waals surface area contributed by atoms with Gasteiger partial charge in [-0.05, 0) is 38.0 Å². The average Bonchev–Trinajstić information content (AvgIpc) is 2.66. The maximum Gasteiger partial charge on any atom is 0.266 e. The molecule has 1 N–H and O–H groups in total. The molecular weight excluding hydrogens is 338 g/mol. The summed E-state index contributed by atoms with van der Waals surface area (Å²) in [4.78, 5) is 24.2. The Labute approximate surface area is 158 Å². The third-order valence-electron chi connectivity index (χ3n) is 4.37. The van der Waals surface area contributed by atoms with E-state index in [0.717, 1.165) is 28.1 Å². The van der Waals surface area contributed by atoms with Crippen LogP contribution in [0.25, 0.3) is 11.3 Å². The highest BCUT2D eigenvalue weighted by molar-refractivity contribution is 5.91. The quantitative estimate of drug-likeness (QED) is 0.723. The van der Waals surface area contributed by atoms with Crippen LogP contribution >= 0.6 is 0 Å². The molecule has 2 aromatic carbocycles. The summed E-state index contributed by atoms with van der Waals surface area (Å²) >= 11 is 0. The summed E-state index contributed by atoms with van der Waals surface area (Å²) in [6, 6.07) is 18.9. The summed E-state index contributed by atoms with van der Waals surface area (Å²) in [7, 11) is 0. The lowest BCUT2D eigenvalue weighted by molar-refractivity contribution is -0.116. The summed E-state index contributed by atoms with van der Waals surface area (Å²) in [5.41, 5.74) is 4.57. The predicted molar refractivity (Wildman–Crippen MR) is 108 cm³/mol. The van der Waals surface area contributed by atoms with Gasteiger partial charge in [-0.3, -0.25) is 9.59 Å². The lowest BCUT2D eigenvalue weighted by atomic mass is 10.1. The van der Waals surface area contributed by atoms with Gasteiger partial charge in [0.1, 0.15) is 0 Å². The average molecular weight is 361 g/mol. The number of amides is 1. The van der Waals surface area contributed by atoms with Gasteiger partial charge in [-0.2, -0.15) is 5.10 Å². The van der Waals surface area contributed by atoms with Crippen molar-refractivity contribution in [3.05, 3.63) is 82.1 Å². The lowest BCUT2D eigenvalue weighted by Gasteiger charge is -2.10. The van der Waals surface area contributed by atoms with Crippen LogP contribution in [0.3, 0.4) is 0 Å². The number of hydrogen-bond donors (Lipinski definition) is 1. The van der Waals surface area contributed by atoms with E-state index >= 15 is 0 Å². The van der Waals surface area contributed by atoms with Crippen molar-refractivity contribution in [2.75, 3.05) is 5.32 Å². The molecule has 1 aromatic heterocycles. The SMILES string of the molecule is Cc1ccc(NC(=O)CCCn2nc(-c3ccccc3)ccc2=O)c(C)c1. The number of benzene rings is 2. The molecule has 3 rings (SSSR count). The highest BCUT2D eigenvalue weighted by Gasteiger charge is 2.07. The molecule has 138 valence electrons. The summed E-state index contributed by atoms with van der Waals surface area (Å²) in [5.74, 6) is -0.0609. The Morgan fingerprint density at radius 2 is 1.81 bits per heavy atom. The number of carbonyl (C=O) groups excluding carboxylic acids is 1. The Bertz CT molecular complexity index is 994. The molecule has 0 radical (unpaired) electrons. The van der Waals surface area contributed by atoms with Crippen LogP contribution in [0.4, 0.5) is 5.69 Å². The molecule has 0 unspecified atom stereocenters. The Balaban J connectivity index is 1.60. The van der Waals surface area contributed by atoms with Crippen molar-refractivity contribution in [2.24, 2.45) is 0 Å². The summed E-state index contributed by atoms with van der Waals surface area (Å²) in [6.07, 6.45) is 0.874. The van der Waals surface area contributed by atoms with E-state index in [1.54, 1.807) is 6.07 Å². The topological polar surface area (TPSA) is 64.0 Å². The van der Waals surface area contributed by atoms with Crippen LogP contribution in [0.1, 0.15) is 24.0 Å². The second-order valence-electron chi connectivity index (χ2n) is 6.62. The monoisotopic (exact) mass is 361 g/mol. The van der Waals surface area contributed by atoms with Gasteiger partial charge < -0.3 is 5.32 Å². The third kappa shape index (κ3) is 4.91. The fourth-order valence-corrected chi connectivity index (χ4v) is 2.93. The first-order valence-corrected chi connectivity index (χ1v) is 9.03. The Morgan fingerprint density at radius 3 is 2.56 bits per heavy atom. The maximum atomic E-state index is 12.2. The van der Waals surface area contributed by atoms with Crippen molar-refractivity contribution in [1.82, 2.24) is 9.78 Å². The van der Waals surface area contributed by atoms with E-state index in [1.165, 1.54) is 10.7 Å². The molecule has 0 saturated carbocycles. The van der Waals surface area contributed by atoms with Crippen molar-refractivity contribution in [3.63, 3.8) is 0 Å². The molecule has 0 bridgehead atoms. The van der Waals surface area contributed by atoms with Gasteiger partial charge in [0.15, 0.2) is 0 Å². The summed E-state index contributed by atoms with van der Waals surface area (Å²) in [6.45, 7) is 4.40. The molecule has 1 amide bonds. The number of anilines is 1. The van der Waals surface area contributed by atoms with E-state index in [0.29, 0.717) is 19.4 Å². The molecular formula is C22H23N3O2. The lowest BCUT2D eigenvalue weighted by Crippen LogP contribution is -2.23.